The number of anilines is 1. The molecule has 0 aromatic carbocycles. The van der Waals surface area contributed by atoms with Gasteiger partial charge in [-0.2, -0.15) is 5.10 Å². The Hall–Kier alpha value is -2.04. The monoisotopic (exact) mass is 486 g/mol. The van der Waals surface area contributed by atoms with E-state index in [1.165, 1.54) is 0 Å². The number of rotatable bonds is 6. The third-order valence-electron chi connectivity index (χ3n) is 4.24. The van der Waals surface area contributed by atoms with Gasteiger partial charge in [-0.05, 0) is 18.6 Å². The Kier molecular flexibility index (Phi) is 8.14. The predicted molar refractivity (Wildman–Crippen MR) is 116 cm³/mol. The van der Waals surface area contributed by atoms with E-state index >= 15 is 0 Å². The molecule has 3 rings (SSSR count). The first-order chi connectivity index (χ1) is 12.7. The lowest BCUT2D eigenvalue weighted by molar-refractivity contribution is -0.120. The SMILES string of the molecule is CCCN=C(NCCc1ccco1)N1CCN(c2cnn(C)c2)C(=O)C1.I. The minimum atomic E-state index is 0. The van der Waals surface area contributed by atoms with Gasteiger partial charge in [0.15, 0.2) is 5.96 Å². The van der Waals surface area contributed by atoms with Gasteiger partial charge in [-0.3, -0.25) is 14.5 Å². The predicted octanol–water partition coefficient (Wildman–Crippen LogP) is 1.88. The number of furan rings is 1. The number of amides is 1. The van der Waals surface area contributed by atoms with Crippen LogP contribution in [0, 0.1) is 0 Å². The van der Waals surface area contributed by atoms with E-state index in [9.17, 15) is 4.79 Å². The molecule has 0 unspecified atom stereocenters. The van der Waals surface area contributed by atoms with E-state index in [1.54, 1.807) is 22.0 Å². The van der Waals surface area contributed by atoms with Crippen molar-refractivity contribution in [2.45, 2.75) is 19.8 Å². The highest BCUT2D eigenvalue weighted by molar-refractivity contribution is 14.0. The highest BCUT2D eigenvalue weighted by Crippen LogP contribution is 2.16. The maximum atomic E-state index is 12.6. The van der Waals surface area contributed by atoms with Crippen molar-refractivity contribution in [3.8, 4) is 0 Å². The molecule has 0 spiro atoms. The number of halogens is 1. The topological polar surface area (TPSA) is 78.9 Å². The minimum absolute atomic E-state index is 0. The second kappa shape index (κ2) is 10.3. The zero-order valence-corrected chi connectivity index (χ0v) is 18.1. The van der Waals surface area contributed by atoms with Crippen LogP contribution >= 0.6 is 24.0 Å². The lowest BCUT2D eigenvalue weighted by Gasteiger charge is -2.35. The summed E-state index contributed by atoms with van der Waals surface area (Å²) in [4.78, 5) is 21.0. The van der Waals surface area contributed by atoms with Crippen LogP contribution in [0.15, 0.2) is 40.2 Å². The van der Waals surface area contributed by atoms with Gasteiger partial charge in [-0.25, -0.2) is 0 Å². The minimum Gasteiger partial charge on any atom is -0.469 e. The molecule has 8 nitrogen and oxygen atoms in total. The van der Waals surface area contributed by atoms with Crippen molar-refractivity contribution in [1.82, 2.24) is 20.0 Å². The van der Waals surface area contributed by atoms with Crippen LogP contribution in [-0.2, 0) is 18.3 Å². The number of aryl methyl sites for hydroxylation is 1. The van der Waals surface area contributed by atoms with E-state index < -0.39 is 0 Å². The number of carbonyl (C=O) groups excluding carboxylic acids is 1. The molecule has 148 valence electrons. The number of piperazine rings is 1. The number of guanidine groups is 1. The van der Waals surface area contributed by atoms with E-state index in [0.717, 1.165) is 43.3 Å². The summed E-state index contributed by atoms with van der Waals surface area (Å²) in [5.74, 6) is 1.78. The Morgan fingerprint density at radius 1 is 1.41 bits per heavy atom. The van der Waals surface area contributed by atoms with Gasteiger partial charge in [0.05, 0.1) is 18.1 Å². The number of nitrogens with zero attached hydrogens (tertiary/aromatic N) is 5. The van der Waals surface area contributed by atoms with Crippen molar-refractivity contribution < 1.29 is 9.21 Å². The molecule has 1 saturated heterocycles. The lowest BCUT2D eigenvalue weighted by atomic mass is 10.3. The van der Waals surface area contributed by atoms with Crippen molar-refractivity contribution in [2.24, 2.45) is 12.0 Å². The molecule has 0 bridgehead atoms. The fourth-order valence-electron chi connectivity index (χ4n) is 2.91. The number of hydrogen-bond acceptors (Lipinski definition) is 4. The molecule has 9 heteroatoms. The summed E-state index contributed by atoms with van der Waals surface area (Å²) in [6, 6.07) is 3.85. The average molecular weight is 486 g/mol. The highest BCUT2D eigenvalue weighted by Gasteiger charge is 2.27. The van der Waals surface area contributed by atoms with Crippen LogP contribution in [0.2, 0.25) is 0 Å². The van der Waals surface area contributed by atoms with Crippen LogP contribution < -0.4 is 10.2 Å². The van der Waals surface area contributed by atoms with Gasteiger partial charge < -0.3 is 19.5 Å². The van der Waals surface area contributed by atoms with E-state index in [4.69, 9.17) is 4.42 Å². The second-order valence-electron chi connectivity index (χ2n) is 6.30. The molecule has 1 fully saturated rings. The van der Waals surface area contributed by atoms with Gasteiger partial charge in [0, 0.05) is 45.8 Å². The fourth-order valence-corrected chi connectivity index (χ4v) is 2.91. The van der Waals surface area contributed by atoms with Crippen LogP contribution in [-0.4, -0.2) is 59.3 Å². The fraction of sp³-hybridized carbons (Fsp3) is 0.500. The molecule has 2 aromatic rings. The first-order valence-electron chi connectivity index (χ1n) is 9.02. The van der Waals surface area contributed by atoms with Gasteiger partial charge in [0.2, 0.25) is 5.91 Å². The van der Waals surface area contributed by atoms with E-state index in [2.05, 4.69) is 22.3 Å². The largest absolute Gasteiger partial charge is 0.469 e. The van der Waals surface area contributed by atoms with Crippen molar-refractivity contribution in [2.75, 3.05) is 37.6 Å². The molecule has 0 atom stereocenters. The van der Waals surface area contributed by atoms with Crippen LogP contribution in [0.3, 0.4) is 0 Å². The van der Waals surface area contributed by atoms with E-state index in [1.807, 2.05) is 30.3 Å². The van der Waals surface area contributed by atoms with Crippen molar-refractivity contribution in [3.05, 3.63) is 36.5 Å². The Balaban J connectivity index is 0.00000261. The van der Waals surface area contributed by atoms with Crippen molar-refractivity contribution in [3.63, 3.8) is 0 Å². The molecule has 3 heterocycles. The Labute approximate surface area is 176 Å². The Morgan fingerprint density at radius 2 is 2.26 bits per heavy atom. The Bertz CT molecular complexity index is 743. The summed E-state index contributed by atoms with van der Waals surface area (Å²) in [7, 11) is 1.85. The summed E-state index contributed by atoms with van der Waals surface area (Å²) in [5.41, 5.74) is 0.843. The molecular formula is C18H27IN6O2. The Morgan fingerprint density at radius 3 is 2.89 bits per heavy atom. The summed E-state index contributed by atoms with van der Waals surface area (Å²) in [5, 5.41) is 7.52. The van der Waals surface area contributed by atoms with Gasteiger partial charge >= 0.3 is 0 Å². The summed E-state index contributed by atoms with van der Waals surface area (Å²) >= 11 is 0. The molecule has 1 aliphatic heterocycles. The maximum Gasteiger partial charge on any atom is 0.246 e. The van der Waals surface area contributed by atoms with E-state index in [-0.39, 0.29) is 29.9 Å². The molecule has 0 aliphatic carbocycles. The number of aromatic nitrogens is 2. The van der Waals surface area contributed by atoms with Crippen LogP contribution in [0.4, 0.5) is 5.69 Å². The van der Waals surface area contributed by atoms with Gasteiger partial charge in [0.1, 0.15) is 12.3 Å². The number of nitrogens with one attached hydrogen (secondary N) is 1. The lowest BCUT2D eigenvalue weighted by Crippen LogP contribution is -2.55. The molecule has 0 saturated carbocycles. The molecular weight excluding hydrogens is 459 g/mol. The molecule has 27 heavy (non-hydrogen) atoms. The quantitative estimate of drug-likeness (QED) is 0.383. The summed E-state index contributed by atoms with van der Waals surface area (Å²) < 4.78 is 7.07. The first kappa shape index (κ1) is 21.3. The highest BCUT2D eigenvalue weighted by atomic mass is 127. The molecule has 2 aromatic heterocycles. The van der Waals surface area contributed by atoms with Crippen molar-refractivity contribution in [1.29, 1.82) is 0 Å². The van der Waals surface area contributed by atoms with Crippen LogP contribution in [0.25, 0.3) is 0 Å². The van der Waals surface area contributed by atoms with Crippen LogP contribution in [0.1, 0.15) is 19.1 Å². The standard InChI is InChI=1S/C18H26N6O2.HI/c1-3-7-19-18(20-8-6-16-5-4-11-26-16)23-9-10-24(17(25)14-23)15-12-21-22(2)13-15;/h4-5,11-13H,3,6-10,14H2,1-2H3,(H,19,20);1H. The van der Waals surface area contributed by atoms with Gasteiger partial charge in [0.25, 0.3) is 0 Å². The third kappa shape index (κ3) is 5.72. The van der Waals surface area contributed by atoms with Crippen LogP contribution in [0.5, 0.6) is 0 Å². The van der Waals surface area contributed by atoms with Crippen molar-refractivity contribution >= 4 is 41.5 Å². The average Bonchev–Trinajstić information content (AvgIpc) is 3.29. The van der Waals surface area contributed by atoms with Gasteiger partial charge in [-0.1, -0.05) is 6.92 Å². The molecule has 1 amide bonds. The summed E-state index contributed by atoms with van der Waals surface area (Å²) in [6.45, 7) is 5.21. The second-order valence-corrected chi connectivity index (χ2v) is 6.30. The zero-order valence-electron chi connectivity index (χ0n) is 15.8. The molecule has 1 aliphatic rings. The zero-order chi connectivity index (χ0) is 18.4. The number of hydrogen-bond donors (Lipinski definition) is 1. The number of aliphatic imine (C=N–C) groups is 1. The first-order valence-corrected chi connectivity index (χ1v) is 9.02. The van der Waals surface area contributed by atoms with Gasteiger partial charge in [-0.15, -0.1) is 24.0 Å². The molecule has 1 N–H and O–H groups in total. The smallest absolute Gasteiger partial charge is 0.246 e. The molecule has 0 radical (unpaired) electrons. The third-order valence-corrected chi connectivity index (χ3v) is 4.24. The maximum absolute atomic E-state index is 12.6. The summed E-state index contributed by atoms with van der Waals surface area (Å²) in [6.07, 6.45) is 7.01. The van der Waals surface area contributed by atoms with E-state index in [0.29, 0.717) is 19.6 Å². The number of carbonyl (C=O) groups is 1. The normalized spacial score (nSPS) is 15.0.